The van der Waals surface area contributed by atoms with Gasteiger partial charge in [-0.15, -0.1) is 0 Å². The molecule has 0 saturated heterocycles. The molecule has 0 aliphatic rings. The number of halogens is 1. The van der Waals surface area contributed by atoms with Crippen LogP contribution in [0, 0.1) is 13.8 Å². The fraction of sp³-hybridized carbons (Fsp3) is 0.556. The topological polar surface area (TPSA) is 114 Å². The smallest absolute Gasteiger partial charge is 0.414 e. The zero-order valence-corrected chi connectivity index (χ0v) is 16.7. The number of nitrogens with one attached hydrogen (secondary N) is 1. The fourth-order valence-corrected chi connectivity index (χ4v) is 2.37. The monoisotopic (exact) mass is 405 g/mol. The number of ether oxygens (including phenoxy) is 3. The van der Waals surface area contributed by atoms with E-state index in [0.717, 1.165) is 48.0 Å². The summed E-state index contributed by atoms with van der Waals surface area (Å²) in [5.74, 6) is -2.74. The van der Waals surface area contributed by atoms with Gasteiger partial charge in [0.25, 0.3) is 0 Å². The number of aliphatic carboxylic acids is 2. The van der Waals surface area contributed by atoms with Gasteiger partial charge >= 0.3 is 11.9 Å². The predicted molar refractivity (Wildman–Crippen MR) is 102 cm³/mol. The van der Waals surface area contributed by atoms with E-state index < -0.39 is 11.9 Å². The van der Waals surface area contributed by atoms with Crippen molar-refractivity contribution in [3.8, 4) is 5.75 Å². The van der Waals surface area contributed by atoms with Gasteiger partial charge in [-0.3, -0.25) is 0 Å². The van der Waals surface area contributed by atoms with Crippen molar-refractivity contribution in [1.29, 1.82) is 0 Å². The zero-order valence-electron chi connectivity index (χ0n) is 15.9. The minimum Gasteiger partial charge on any atom is -0.491 e. The first-order valence-electron chi connectivity index (χ1n) is 8.42. The minimum absolute atomic E-state index is 0.549. The van der Waals surface area contributed by atoms with E-state index in [1.807, 2.05) is 26.0 Å². The van der Waals surface area contributed by atoms with Crippen molar-refractivity contribution in [3.05, 3.63) is 28.3 Å². The van der Waals surface area contributed by atoms with Crippen LogP contribution in [0.25, 0.3) is 0 Å². The van der Waals surface area contributed by atoms with Crippen molar-refractivity contribution in [1.82, 2.24) is 5.32 Å². The molecule has 1 aromatic carbocycles. The van der Waals surface area contributed by atoms with Crippen molar-refractivity contribution in [2.24, 2.45) is 0 Å². The fourth-order valence-electron chi connectivity index (χ4n) is 2.04. The van der Waals surface area contributed by atoms with Crippen molar-refractivity contribution in [3.63, 3.8) is 0 Å². The molecule has 0 unspecified atom stereocenters. The summed E-state index contributed by atoms with van der Waals surface area (Å²) in [6.45, 7) is 8.42. The lowest BCUT2D eigenvalue weighted by Gasteiger charge is -2.13. The molecule has 0 amide bonds. The van der Waals surface area contributed by atoms with Crippen LogP contribution in [0.15, 0.2) is 12.1 Å². The Morgan fingerprint density at radius 2 is 1.59 bits per heavy atom. The number of methoxy groups -OCH3 is 1. The molecule has 0 heterocycles. The summed E-state index contributed by atoms with van der Waals surface area (Å²) in [6, 6.07) is 3.82. The lowest BCUT2D eigenvalue weighted by Crippen LogP contribution is -2.22. The van der Waals surface area contributed by atoms with Gasteiger partial charge in [0, 0.05) is 25.3 Å². The van der Waals surface area contributed by atoms with Crippen LogP contribution in [0.5, 0.6) is 5.75 Å². The summed E-state index contributed by atoms with van der Waals surface area (Å²) in [5, 5.41) is 18.8. The molecule has 0 spiro atoms. The number of benzene rings is 1. The van der Waals surface area contributed by atoms with Crippen LogP contribution in [0.2, 0.25) is 5.02 Å². The molecule has 1 aromatic rings. The number of carbonyl (C=O) groups is 2. The normalized spacial score (nSPS) is 10.1. The molecule has 0 fully saturated rings. The quantitative estimate of drug-likeness (QED) is 0.379. The second-order valence-electron chi connectivity index (χ2n) is 5.54. The number of aryl methyl sites for hydroxylation is 2. The Labute approximate surface area is 164 Å². The van der Waals surface area contributed by atoms with Crippen LogP contribution in [0.1, 0.15) is 17.5 Å². The molecule has 0 saturated carbocycles. The molecule has 27 heavy (non-hydrogen) atoms. The highest BCUT2D eigenvalue weighted by molar-refractivity contribution is 6.30. The Morgan fingerprint density at radius 3 is 2.11 bits per heavy atom. The van der Waals surface area contributed by atoms with Crippen LogP contribution in [0.4, 0.5) is 0 Å². The lowest BCUT2D eigenvalue weighted by atomic mass is 10.1. The molecule has 0 radical (unpaired) electrons. The van der Waals surface area contributed by atoms with Crippen molar-refractivity contribution in [2.75, 3.05) is 46.6 Å². The highest BCUT2D eigenvalue weighted by Gasteiger charge is 2.05. The Hall–Kier alpha value is -1.87. The summed E-state index contributed by atoms with van der Waals surface area (Å²) in [4.78, 5) is 18.2. The number of hydrogen-bond donors (Lipinski definition) is 3. The molecule has 0 aromatic heterocycles. The standard InChI is InChI=1S/C16H26ClNO3.C2H2O4/c1-13-11-15(17)12-14(2)16(13)21-10-9-20-8-6-18-5-4-7-19-3;3-1(4)2(5)6/h11-12,18H,4-10H2,1-3H3;(H,3,4)(H,5,6). The Kier molecular flexibility index (Phi) is 14.2. The van der Waals surface area contributed by atoms with E-state index >= 15 is 0 Å². The molecule has 154 valence electrons. The number of carboxylic acids is 2. The largest absolute Gasteiger partial charge is 0.491 e. The summed E-state index contributed by atoms with van der Waals surface area (Å²) in [7, 11) is 1.72. The highest BCUT2D eigenvalue weighted by Crippen LogP contribution is 2.26. The summed E-state index contributed by atoms with van der Waals surface area (Å²) < 4.78 is 16.3. The van der Waals surface area contributed by atoms with E-state index in [9.17, 15) is 0 Å². The van der Waals surface area contributed by atoms with E-state index in [0.29, 0.717) is 19.8 Å². The van der Waals surface area contributed by atoms with Gasteiger partial charge in [-0.2, -0.15) is 0 Å². The van der Waals surface area contributed by atoms with Gasteiger partial charge in [0.1, 0.15) is 12.4 Å². The van der Waals surface area contributed by atoms with Crippen LogP contribution in [-0.4, -0.2) is 68.8 Å². The molecule has 0 bridgehead atoms. The first-order valence-corrected chi connectivity index (χ1v) is 8.80. The van der Waals surface area contributed by atoms with Gasteiger partial charge in [-0.1, -0.05) is 11.6 Å². The lowest BCUT2D eigenvalue weighted by molar-refractivity contribution is -0.159. The van der Waals surface area contributed by atoms with Gasteiger partial charge in [0.05, 0.1) is 13.2 Å². The van der Waals surface area contributed by atoms with Crippen molar-refractivity contribution >= 4 is 23.5 Å². The van der Waals surface area contributed by atoms with Crippen LogP contribution >= 0.6 is 11.6 Å². The molecule has 8 nitrogen and oxygen atoms in total. The van der Waals surface area contributed by atoms with Crippen LogP contribution in [0.3, 0.4) is 0 Å². The van der Waals surface area contributed by atoms with Crippen LogP contribution < -0.4 is 10.1 Å². The molecular formula is C18H28ClNO7. The van der Waals surface area contributed by atoms with E-state index in [4.69, 9.17) is 45.6 Å². The second kappa shape index (κ2) is 15.2. The van der Waals surface area contributed by atoms with E-state index in [1.54, 1.807) is 7.11 Å². The summed E-state index contributed by atoms with van der Waals surface area (Å²) >= 11 is 5.99. The average molecular weight is 406 g/mol. The van der Waals surface area contributed by atoms with Gasteiger partial charge in [-0.05, 0) is 50.1 Å². The first kappa shape index (κ1) is 25.1. The van der Waals surface area contributed by atoms with E-state index in [-0.39, 0.29) is 0 Å². The van der Waals surface area contributed by atoms with Crippen molar-refractivity contribution in [2.45, 2.75) is 20.3 Å². The highest BCUT2D eigenvalue weighted by atomic mass is 35.5. The number of rotatable bonds is 11. The molecule has 1 rings (SSSR count). The zero-order chi connectivity index (χ0) is 20.7. The third kappa shape index (κ3) is 13.0. The van der Waals surface area contributed by atoms with Gasteiger partial charge in [0.15, 0.2) is 0 Å². The van der Waals surface area contributed by atoms with Crippen molar-refractivity contribution < 1.29 is 34.0 Å². The average Bonchev–Trinajstić information content (AvgIpc) is 2.58. The number of carboxylic acid groups (broad SMARTS) is 2. The predicted octanol–water partition coefficient (Wildman–Crippen LogP) is 2.13. The third-order valence-electron chi connectivity index (χ3n) is 3.21. The summed E-state index contributed by atoms with van der Waals surface area (Å²) in [6.07, 6.45) is 1.02. The van der Waals surface area contributed by atoms with E-state index in [2.05, 4.69) is 5.32 Å². The van der Waals surface area contributed by atoms with Gasteiger partial charge in [-0.25, -0.2) is 9.59 Å². The maximum absolute atomic E-state index is 9.10. The molecule has 3 N–H and O–H groups in total. The maximum Gasteiger partial charge on any atom is 0.414 e. The molecule has 0 aliphatic heterocycles. The Morgan fingerprint density at radius 1 is 1.00 bits per heavy atom. The molecule has 0 atom stereocenters. The number of hydrogen-bond acceptors (Lipinski definition) is 6. The van der Waals surface area contributed by atoms with Crippen LogP contribution in [-0.2, 0) is 19.1 Å². The Balaban J connectivity index is 0.000000972. The second-order valence-corrected chi connectivity index (χ2v) is 5.97. The molecule has 9 heteroatoms. The maximum atomic E-state index is 9.10. The molecular weight excluding hydrogens is 378 g/mol. The summed E-state index contributed by atoms with van der Waals surface area (Å²) in [5.41, 5.74) is 2.11. The third-order valence-corrected chi connectivity index (χ3v) is 3.43. The van der Waals surface area contributed by atoms with Gasteiger partial charge < -0.3 is 29.7 Å². The first-order chi connectivity index (χ1) is 12.8. The van der Waals surface area contributed by atoms with E-state index in [1.165, 1.54) is 0 Å². The SMILES string of the molecule is COCCCNCCOCCOc1c(C)cc(Cl)cc1C.O=C(O)C(=O)O. The minimum atomic E-state index is -1.82. The van der Waals surface area contributed by atoms with Gasteiger partial charge in [0.2, 0.25) is 0 Å². The Bertz CT molecular complexity index is 546. The molecule has 0 aliphatic carbocycles.